The van der Waals surface area contributed by atoms with Gasteiger partial charge in [0.2, 0.25) is 0 Å². The van der Waals surface area contributed by atoms with Gasteiger partial charge in [0.05, 0.1) is 6.04 Å². The third kappa shape index (κ3) is 3.12. The van der Waals surface area contributed by atoms with E-state index in [-0.39, 0.29) is 11.6 Å². The molecule has 1 aromatic heterocycles. The van der Waals surface area contributed by atoms with Crippen LogP contribution in [0.1, 0.15) is 24.2 Å². The Labute approximate surface area is 112 Å². The van der Waals surface area contributed by atoms with Crippen LogP contribution in [0.2, 0.25) is 0 Å². The molecule has 2 unspecified atom stereocenters. The second-order valence-electron chi connectivity index (χ2n) is 4.30. The molecule has 0 saturated heterocycles. The van der Waals surface area contributed by atoms with Gasteiger partial charge in [0.1, 0.15) is 0 Å². The quantitative estimate of drug-likeness (QED) is 0.745. The van der Waals surface area contributed by atoms with E-state index in [1.807, 2.05) is 26.0 Å². The number of anilines is 1. The SMILES string of the molecule is Cc1cc(=O)n(C(C)c2ccc(NS(=O)O)cc2)[nH]1. The first kappa shape index (κ1) is 13.6. The molecule has 1 aromatic carbocycles. The molecule has 2 rings (SSSR count). The molecule has 6 nitrogen and oxygen atoms in total. The van der Waals surface area contributed by atoms with E-state index in [2.05, 4.69) is 9.82 Å². The van der Waals surface area contributed by atoms with E-state index >= 15 is 0 Å². The van der Waals surface area contributed by atoms with Gasteiger partial charge >= 0.3 is 0 Å². The molecule has 102 valence electrons. The van der Waals surface area contributed by atoms with Crippen LogP contribution in [0, 0.1) is 6.92 Å². The van der Waals surface area contributed by atoms with Crippen molar-refractivity contribution < 1.29 is 8.76 Å². The zero-order chi connectivity index (χ0) is 14.0. The standard InChI is InChI=1S/C12H15N3O3S/c1-8-7-12(16)15(13-8)9(2)10-3-5-11(6-4-10)14-19(17)18/h3-7,9,13-14H,1-2H3,(H,17,18). The maximum Gasteiger partial charge on any atom is 0.267 e. The molecule has 0 aliphatic carbocycles. The first-order valence-electron chi connectivity index (χ1n) is 5.73. The zero-order valence-electron chi connectivity index (χ0n) is 10.6. The first-order valence-corrected chi connectivity index (χ1v) is 6.83. The number of H-pyrrole nitrogens is 1. The van der Waals surface area contributed by atoms with Crippen LogP contribution in [0.3, 0.4) is 0 Å². The van der Waals surface area contributed by atoms with Gasteiger partial charge in [-0.1, -0.05) is 12.1 Å². The largest absolute Gasteiger partial charge is 0.299 e. The minimum Gasteiger partial charge on any atom is -0.299 e. The van der Waals surface area contributed by atoms with Crippen molar-refractivity contribution >= 4 is 17.0 Å². The number of aromatic amines is 1. The molecule has 0 amide bonds. The highest BCUT2D eigenvalue weighted by molar-refractivity contribution is 7.80. The number of nitrogens with zero attached hydrogens (tertiary/aromatic N) is 1. The normalized spacial score (nSPS) is 14.1. The minimum atomic E-state index is -2.08. The summed E-state index contributed by atoms with van der Waals surface area (Å²) < 4.78 is 23.2. The van der Waals surface area contributed by atoms with Crippen LogP contribution < -0.4 is 10.3 Å². The lowest BCUT2D eigenvalue weighted by atomic mass is 10.1. The summed E-state index contributed by atoms with van der Waals surface area (Å²) in [6.45, 7) is 3.73. The lowest BCUT2D eigenvalue weighted by Gasteiger charge is -2.13. The smallest absolute Gasteiger partial charge is 0.267 e. The summed E-state index contributed by atoms with van der Waals surface area (Å²) in [7, 11) is 0. The van der Waals surface area contributed by atoms with Crippen molar-refractivity contribution in [3.05, 3.63) is 51.9 Å². The Morgan fingerprint density at radius 2 is 2.00 bits per heavy atom. The second kappa shape index (κ2) is 5.41. The van der Waals surface area contributed by atoms with Gasteiger partial charge in [-0.2, -0.15) is 0 Å². The molecule has 0 aliphatic rings. The van der Waals surface area contributed by atoms with E-state index < -0.39 is 11.3 Å². The average molecular weight is 281 g/mol. The Balaban J connectivity index is 2.24. The van der Waals surface area contributed by atoms with Gasteiger partial charge in [0.15, 0.2) is 0 Å². The molecule has 2 atom stereocenters. The Kier molecular flexibility index (Phi) is 3.87. The Bertz CT molecular complexity index is 645. The maximum atomic E-state index is 11.7. The second-order valence-corrected chi connectivity index (χ2v) is 5.00. The fourth-order valence-corrected chi connectivity index (χ4v) is 2.24. The molecule has 0 aliphatic heterocycles. The van der Waals surface area contributed by atoms with E-state index in [1.165, 1.54) is 0 Å². The van der Waals surface area contributed by atoms with E-state index in [1.54, 1.807) is 22.9 Å². The van der Waals surface area contributed by atoms with Crippen molar-refractivity contribution in [2.75, 3.05) is 4.72 Å². The topological polar surface area (TPSA) is 87.1 Å². The Hall–Kier alpha value is -1.86. The predicted molar refractivity (Wildman–Crippen MR) is 74.4 cm³/mol. The van der Waals surface area contributed by atoms with Crippen molar-refractivity contribution in [2.45, 2.75) is 19.9 Å². The van der Waals surface area contributed by atoms with Gasteiger partial charge in [-0.05, 0) is 31.5 Å². The molecule has 7 heteroatoms. The van der Waals surface area contributed by atoms with E-state index in [9.17, 15) is 9.00 Å². The average Bonchev–Trinajstić information content (AvgIpc) is 2.68. The van der Waals surface area contributed by atoms with Crippen LogP contribution in [0.15, 0.2) is 35.1 Å². The number of rotatable bonds is 4. The molecule has 0 radical (unpaired) electrons. The number of hydrogen-bond donors (Lipinski definition) is 3. The van der Waals surface area contributed by atoms with Gasteiger partial charge in [-0.25, -0.2) is 8.89 Å². The Morgan fingerprint density at radius 3 is 2.47 bits per heavy atom. The number of aryl methyl sites for hydroxylation is 1. The molecule has 1 heterocycles. The zero-order valence-corrected chi connectivity index (χ0v) is 11.4. The van der Waals surface area contributed by atoms with Crippen LogP contribution >= 0.6 is 0 Å². The lowest BCUT2D eigenvalue weighted by Crippen LogP contribution is -2.20. The summed E-state index contributed by atoms with van der Waals surface area (Å²) in [5, 5.41) is 2.99. The van der Waals surface area contributed by atoms with Crippen LogP contribution in [-0.4, -0.2) is 18.5 Å². The fraction of sp³-hybridized carbons (Fsp3) is 0.250. The Morgan fingerprint density at radius 1 is 1.37 bits per heavy atom. The highest BCUT2D eigenvalue weighted by Crippen LogP contribution is 2.18. The summed E-state index contributed by atoms with van der Waals surface area (Å²) in [6, 6.07) is 8.42. The number of benzene rings is 1. The number of hydrogen-bond acceptors (Lipinski definition) is 2. The highest BCUT2D eigenvalue weighted by atomic mass is 32.2. The number of nitrogens with one attached hydrogen (secondary N) is 2. The first-order chi connectivity index (χ1) is 8.97. The summed E-state index contributed by atoms with van der Waals surface area (Å²) in [4.78, 5) is 11.7. The summed E-state index contributed by atoms with van der Waals surface area (Å²) in [5.41, 5.74) is 2.21. The van der Waals surface area contributed by atoms with Crippen LogP contribution in [0.4, 0.5) is 5.69 Å². The third-order valence-electron chi connectivity index (χ3n) is 2.86. The van der Waals surface area contributed by atoms with Crippen LogP contribution in [-0.2, 0) is 11.3 Å². The van der Waals surface area contributed by atoms with Crippen molar-refractivity contribution in [3.8, 4) is 0 Å². The molecule has 0 spiro atoms. The predicted octanol–water partition coefficient (Wildman–Crippen LogP) is 1.64. The lowest BCUT2D eigenvalue weighted by molar-refractivity contribution is 0.544. The molecule has 0 saturated carbocycles. The third-order valence-corrected chi connectivity index (χ3v) is 3.27. The van der Waals surface area contributed by atoms with Gasteiger partial charge in [-0.3, -0.25) is 19.2 Å². The monoisotopic (exact) mass is 281 g/mol. The minimum absolute atomic E-state index is 0.0799. The van der Waals surface area contributed by atoms with Crippen molar-refractivity contribution in [1.82, 2.24) is 9.78 Å². The van der Waals surface area contributed by atoms with Crippen LogP contribution in [0.25, 0.3) is 0 Å². The van der Waals surface area contributed by atoms with E-state index in [4.69, 9.17) is 4.55 Å². The molecule has 2 aromatic rings. The number of aromatic nitrogens is 2. The molecule has 3 N–H and O–H groups in total. The van der Waals surface area contributed by atoms with Crippen molar-refractivity contribution in [1.29, 1.82) is 0 Å². The van der Waals surface area contributed by atoms with Crippen molar-refractivity contribution in [2.24, 2.45) is 0 Å². The molecular formula is C12H15N3O3S. The fourth-order valence-electron chi connectivity index (χ4n) is 1.90. The van der Waals surface area contributed by atoms with E-state index in [0.29, 0.717) is 5.69 Å². The molecule has 0 fully saturated rings. The molecule has 19 heavy (non-hydrogen) atoms. The van der Waals surface area contributed by atoms with Gasteiger partial charge < -0.3 is 0 Å². The van der Waals surface area contributed by atoms with Crippen molar-refractivity contribution in [3.63, 3.8) is 0 Å². The summed E-state index contributed by atoms with van der Waals surface area (Å²) in [6.07, 6.45) is 0. The summed E-state index contributed by atoms with van der Waals surface area (Å²) in [5.74, 6) is 0. The highest BCUT2D eigenvalue weighted by Gasteiger charge is 2.11. The van der Waals surface area contributed by atoms with Crippen LogP contribution in [0.5, 0.6) is 0 Å². The molecular weight excluding hydrogens is 266 g/mol. The summed E-state index contributed by atoms with van der Waals surface area (Å²) >= 11 is -2.08. The van der Waals surface area contributed by atoms with Gasteiger partial charge in [0.25, 0.3) is 16.8 Å². The maximum absolute atomic E-state index is 11.7. The van der Waals surface area contributed by atoms with Gasteiger partial charge in [0, 0.05) is 17.4 Å². The molecule has 0 bridgehead atoms. The van der Waals surface area contributed by atoms with E-state index in [0.717, 1.165) is 11.3 Å². The van der Waals surface area contributed by atoms with Gasteiger partial charge in [-0.15, -0.1) is 0 Å².